The summed E-state index contributed by atoms with van der Waals surface area (Å²) in [5.41, 5.74) is 2.93. The van der Waals surface area contributed by atoms with Crippen molar-refractivity contribution >= 4 is 12.0 Å². The molecule has 0 aliphatic rings. The molecule has 1 aromatic heterocycles. The molecule has 0 saturated carbocycles. The number of amides is 1. The molecule has 132 valence electrons. The fourth-order valence-corrected chi connectivity index (χ4v) is 3.00. The Hall–Kier alpha value is -3.14. The number of hydrogen-bond acceptors (Lipinski definition) is 2. The van der Waals surface area contributed by atoms with Gasteiger partial charge in [0.1, 0.15) is 0 Å². The van der Waals surface area contributed by atoms with Crippen molar-refractivity contribution in [2.24, 2.45) is 7.05 Å². The highest BCUT2D eigenvalue weighted by Crippen LogP contribution is 2.31. The van der Waals surface area contributed by atoms with Gasteiger partial charge >= 0.3 is 0 Å². The van der Waals surface area contributed by atoms with Gasteiger partial charge in [-0.05, 0) is 24.1 Å². The van der Waals surface area contributed by atoms with E-state index >= 15 is 0 Å². The van der Waals surface area contributed by atoms with Crippen molar-refractivity contribution in [1.29, 1.82) is 0 Å². The maximum Gasteiger partial charge on any atom is 0.244 e. The molecule has 0 spiro atoms. The van der Waals surface area contributed by atoms with E-state index in [4.69, 9.17) is 0 Å². The quantitative estimate of drug-likeness (QED) is 0.695. The van der Waals surface area contributed by atoms with E-state index in [1.807, 2.05) is 49.6 Å². The van der Waals surface area contributed by atoms with E-state index in [-0.39, 0.29) is 11.3 Å². The maximum atomic E-state index is 12.3. The zero-order chi connectivity index (χ0) is 18.4. The van der Waals surface area contributed by atoms with E-state index in [2.05, 4.69) is 41.6 Å². The Labute approximate surface area is 154 Å². The Kier molecular flexibility index (Phi) is 5.32. The van der Waals surface area contributed by atoms with Gasteiger partial charge in [0.2, 0.25) is 5.91 Å². The number of nitrogens with one attached hydrogen (secondary N) is 1. The van der Waals surface area contributed by atoms with Gasteiger partial charge in [-0.25, -0.2) is 0 Å². The van der Waals surface area contributed by atoms with Gasteiger partial charge in [0.15, 0.2) is 0 Å². The molecule has 4 nitrogen and oxygen atoms in total. The largest absolute Gasteiger partial charge is 0.351 e. The van der Waals surface area contributed by atoms with Gasteiger partial charge < -0.3 is 5.32 Å². The first-order chi connectivity index (χ1) is 12.6. The second-order valence-corrected chi connectivity index (χ2v) is 6.56. The highest BCUT2D eigenvalue weighted by molar-refractivity contribution is 5.91. The van der Waals surface area contributed by atoms with E-state index in [1.165, 1.54) is 11.1 Å². The van der Waals surface area contributed by atoms with Gasteiger partial charge in [0, 0.05) is 36.8 Å². The van der Waals surface area contributed by atoms with Crippen LogP contribution in [0.3, 0.4) is 0 Å². The molecule has 1 N–H and O–H groups in total. The molecule has 4 heteroatoms. The average molecular weight is 345 g/mol. The number of carbonyl (C=O) groups excluding carboxylic acids is 1. The van der Waals surface area contributed by atoms with Crippen LogP contribution >= 0.6 is 0 Å². The number of aryl methyl sites for hydroxylation is 1. The number of carbonyl (C=O) groups is 1. The Morgan fingerprint density at radius 2 is 1.65 bits per heavy atom. The summed E-state index contributed by atoms with van der Waals surface area (Å²) in [6, 6.07) is 20.5. The van der Waals surface area contributed by atoms with Gasteiger partial charge in [-0.15, -0.1) is 0 Å². The molecule has 3 aromatic rings. The zero-order valence-electron chi connectivity index (χ0n) is 15.1. The minimum atomic E-state index is -0.305. The summed E-state index contributed by atoms with van der Waals surface area (Å²) in [4.78, 5) is 12.3. The minimum Gasteiger partial charge on any atom is -0.351 e. The molecule has 0 aliphatic carbocycles. The van der Waals surface area contributed by atoms with Gasteiger partial charge in [-0.3, -0.25) is 9.48 Å². The highest BCUT2D eigenvalue weighted by atomic mass is 16.1. The molecular weight excluding hydrogens is 322 g/mol. The summed E-state index contributed by atoms with van der Waals surface area (Å²) in [6.07, 6.45) is 6.90. The van der Waals surface area contributed by atoms with Crippen molar-refractivity contribution < 1.29 is 4.79 Å². The van der Waals surface area contributed by atoms with Crippen LogP contribution in [-0.2, 0) is 17.3 Å². The van der Waals surface area contributed by atoms with Crippen molar-refractivity contribution in [3.8, 4) is 0 Å². The van der Waals surface area contributed by atoms with Crippen LogP contribution in [0.15, 0.2) is 79.1 Å². The van der Waals surface area contributed by atoms with E-state index in [9.17, 15) is 4.79 Å². The van der Waals surface area contributed by atoms with Gasteiger partial charge in [-0.2, -0.15) is 5.10 Å². The van der Waals surface area contributed by atoms with Crippen LogP contribution in [0.1, 0.15) is 23.6 Å². The lowest BCUT2D eigenvalue weighted by atomic mass is 9.76. The molecule has 2 aromatic carbocycles. The summed E-state index contributed by atoms with van der Waals surface area (Å²) in [6.45, 7) is 2.67. The number of aromatic nitrogens is 2. The first-order valence-electron chi connectivity index (χ1n) is 8.63. The van der Waals surface area contributed by atoms with Gasteiger partial charge in [0.05, 0.1) is 6.20 Å². The van der Waals surface area contributed by atoms with E-state index in [1.54, 1.807) is 23.0 Å². The SMILES string of the molecule is Cn1cc(C=CC(=O)NCC(C)(c2ccccc2)c2ccccc2)cn1. The molecule has 0 saturated heterocycles. The van der Waals surface area contributed by atoms with E-state index in [0.717, 1.165) is 5.56 Å². The molecule has 26 heavy (non-hydrogen) atoms. The summed E-state index contributed by atoms with van der Waals surface area (Å²) in [7, 11) is 1.85. The van der Waals surface area contributed by atoms with Crippen LogP contribution in [0.5, 0.6) is 0 Å². The van der Waals surface area contributed by atoms with Gasteiger partial charge in [0.25, 0.3) is 0 Å². The molecule has 3 rings (SSSR count). The normalized spacial score (nSPS) is 11.6. The molecule has 0 radical (unpaired) electrons. The van der Waals surface area contributed by atoms with Crippen molar-refractivity contribution in [3.63, 3.8) is 0 Å². The monoisotopic (exact) mass is 345 g/mol. The lowest BCUT2D eigenvalue weighted by Crippen LogP contribution is -2.39. The molecule has 0 aliphatic heterocycles. The first-order valence-corrected chi connectivity index (χ1v) is 8.63. The first kappa shape index (κ1) is 17.7. The van der Waals surface area contributed by atoms with Crippen molar-refractivity contribution in [2.75, 3.05) is 6.54 Å². The van der Waals surface area contributed by atoms with E-state index < -0.39 is 0 Å². The van der Waals surface area contributed by atoms with E-state index in [0.29, 0.717) is 6.54 Å². The summed E-state index contributed by atoms with van der Waals surface area (Å²) < 4.78 is 1.71. The van der Waals surface area contributed by atoms with Crippen LogP contribution in [0.4, 0.5) is 0 Å². The molecule has 0 atom stereocenters. The van der Waals surface area contributed by atoms with Crippen molar-refractivity contribution in [1.82, 2.24) is 15.1 Å². The van der Waals surface area contributed by atoms with Crippen LogP contribution in [0.2, 0.25) is 0 Å². The zero-order valence-corrected chi connectivity index (χ0v) is 15.1. The Morgan fingerprint density at radius 3 is 2.15 bits per heavy atom. The predicted molar refractivity (Wildman–Crippen MR) is 105 cm³/mol. The van der Waals surface area contributed by atoms with Crippen molar-refractivity contribution in [3.05, 3.63) is 95.8 Å². The van der Waals surface area contributed by atoms with Crippen LogP contribution in [0.25, 0.3) is 6.08 Å². The molecule has 1 heterocycles. The molecule has 1 amide bonds. The molecular formula is C22H23N3O. The summed E-state index contributed by atoms with van der Waals surface area (Å²) >= 11 is 0. The Morgan fingerprint density at radius 1 is 1.08 bits per heavy atom. The van der Waals surface area contributed by atoms with Crippen molar-refractivity contribution in [2.45, 2.75) is 12.3 Å². The number of nitrogens with zero attached hydrogens (tertiary/aromatic N) is 2. The Balaban J connectivity index is 1.76. The minimum absolute atomic E-state index is 0.119. The fraction of sp³-hybridized carbons (Fsp3) is 0.182. The topological polar surface area (TPSA) is 46.9 Å². The predicted octanol–water partition coefficient (Wildman–Crippen LogP) is 3.56. The summed E-state index contributed by atoms with van der Waals surface area (Å²) in [5.74, 6) is -0.119. The van der Waals surface area contributed by atoms with Crippen LogP contribution in [0, 0.1) is 0 Å². The lowest BCUT2D eigenvalue weighted by molar-refractivity contribution is -0.116. The number of rotatable bonds is 6. The number of hydrogen-bond donors (Lipinski definition) is 1. The molecule has 0 unspecified atom stereocenters. The Bertz CT molecular complexity index is 843. The van der Waals surface area contributed by atoms with Crippen LogP contribution in [-0.4, -0.2) is 22.2 Å². The lowest BCUT2D eigenvalue weighted by Gasteiger charge is -2.31. The third kappa shape index (κ3) is 4.09. The standard InChI is InChI=1S/C22H23N3O/c1-22(19-9-5-3-6-10-19,20-11-7-4-8-12-20)17-23-21(26)14-13-18-15-24-25(2)16-18/h3-16H,17H2,1-2H3,(H,23,26). The molecule has 0 bridgehead atoms. The van der Waals surface area contributed by atoms with Gasteiger partial charge in [-0.1, -0.05) is 60.7 Å². The second-order valence-electron chi connectivity index (χ2n) is 6.56. The third-order valence-electron chi connectivity index (χ3n) is 4.59. The molecule has 0 fully saturated rings. The number of benzene rings is 2. The smallest absolute Gasteiger partial charge is 0.244 e. The highest BCUT2D eigenvalue weighted by Gasteiger charge is 2.28. The summed E-state index contributed by atoms with van der Waals surface area (Å²) in [5, 5.41) is 7.14. The third-order valence-corrected chi connectivity index (χ3v) is 4.59. The van der Waals surface area contributed by atoms with Crippen LogP contribution < -0.4 is 5.32 Å². The second kappa shape index (κ2) is 7.83. The average Bonchev–Trinajstić information content (AvgIpc) is 3.11. The fourth-order valence-electron chi connectivity index (χ4n) is 3.00. The maximum absolute atomic E-state index is 12.3.